The molecule has 1 unspecified atom stereocenters. The number of aromatic nitrogens is 2. The van der Waals surface area contributed by atoms with Crippen LogP contribution in [0.25, 0.3) is 11.0 Å². The highest BCUT2D eigenvalue weighted by Crippen LogP contribution is 2.57. The number of hydrogen-bond donors (Lipinski definition) is 6. The first-order valence-electron chi connectivity index (χ1n) is 26.8. The largest absolute Gasteiger partial charge is 0.495 e. The van der Waals surface area contributed by atoms with E-state index in [9.17, 15) is 32.8 Å². The third-order valence-corrected chi connectivity index (χ3v) is 17.6. The Balaban J connectivity index is 0.878. The number of ether oxygens (including phenoxy) is 2. The molecule has 6 N–H and O–H groups in total. The molecule has 1 amide bonds. The lowest BCUT2D eigenvalue weighted by molar-refractivity contribution is -0.384. The predicted molar refractivity (Wildman–Crippen MR) is 296 cm³/mol. The fourth-order valence-corrected chi connectivity index (χ4v) is 13.3. The van der Waals surface area contributed by atoms with E-state index in [1.807, 2.05) is 0 Å². The second-order valence-corrected chi connectivity index (χ2v) is 24.4. The second-order valence-electron chi connectivity index (χ2n) is 22.7. The van der Waals surface area contributed by atoms with Gasteiger partial charge in [-0.1, -0.05) is 44.2 Å². The number of hydrogen-bond acceptors (Lipinski definition) is 14. The number of piperazine rings is 1. The van der Waals surface area contributed by atoms with Crippen LogP contribution in [0.1, 0.15) is 112 Å². The molecule has 2 aromatic heterocycles. The van der Waals surface area contributed by atoms with E-state index in [1.165, 1.54) is 53.3 Å². The van der Waals surface area contributed by atoms with Crippen LogP contribution in [0.3, 0.4) is 0 Å². The molecule has 4 fully saturated rings. The molecule has 2 aliphatic heterocycles. The Morgan fingerprint density at radius 1 is 0.987 bits per heavy atom. The number of fused-ring (bicyclic) bond motifs is 1. The molecule has 408 valence electrons. The van der Waals surface area contributed by atoms with Crippen LogP contribution in [0.5, 0.6) is 17.2 Å². The summed E-state index contributed by atoms with van der Waals surface area (Å²) in [6.45, 7) is 15.0. The number of anilines is 3. The van der Waals surface area contributed by atoms with Gasteiger partial charge >= 0.3 is 0 Å². The van der Waals surface area contributed by atoms with Gasteiger partial charge in [-0.2, -0.15) is 0 Å². The number of aliphatic hydroxyl groups is 1. The van der Waals surface area contributed by atoms with Gasteiger partial charge in [0.05, 0.1) is 45.4 Å². The zero-order valence-electron chi connectivity index (χ0n) is 44.6. The quantitative estimate of drug-likeness (QED) is 0.0349. The van der Waals surface area contributed by atoms with E-state index in [0.29, 0.717) is 36.9 Å². The maximum atomic E-state index is 14.8. The first-order valence-corrected chi connectivity index (χ1v) is 28.3. The van der Waals surface area contributed by atoms with Gasteiger partial charge < -0.3 is 40.4 Å². The average Bonchev–Trinajstić information content (AvgIpc) is 3.81. The van der Waals surface area contributed by atoms with Crippen molar-refractivity contribution in [2.75, 3.05) is 55.4 Å². The molecule has 6 aromatic rings. The maximum absolute atomic E-state index is 14.8. The van der Waals surface area contributed by atoms with Gasteiger partial charge in [0, 0.05) is 86.8 Å². The number of amides is 1. The van der Waals surface area contributed by atoms with Gasteiger partial charge in [-0.05, 0) is 136 Å². The average molecular weight is 1070 g/mol. The number of nitrogens with zero attached hydrogens (tertiary/aromatic N) is 4. The minimum absolute atomic E-state index is 0.00900. The molecule has 0 radical (unpaired) electrons. The van der Waals surface area contributed by atoms with Crippen LogP contribution in [-0.2, 0) is 16.6 Å². The molecule has 0 bridgehead atoms. The van der Waals surface area contributed by atoms with Crippen LogP contribution in [0, 0.1) is 33.2 Å². The monoisotopic (exact) mass is 1070 g/mol. The fraction of sp³-hybridized carbons (Fsp3) is 0.448. The normalized spacial score (nSPS) is 21.7. The summed E-state index contributed by atoms with van der Waals surface area (Å²) in [4.78, 5) is 37.2. The molecule has 77 heavy (non-hydrogen) atoms. The van der Waals surface area contributed by atoms with Gasteiger partial charge in [-0.15, -0.1) is 0 Å². The van der Waals surface area contributed by atoms with Crippen LogP contribution < -0.4 is 35.0 Å². The highest BCUT2D eigenvalue weighted by atomic mass is 32.2. The fourth-order valence-electron chi connectivity index (χ4n) is 12.3. The molecule has 17 nitrogen and oxygen atoms in total. The number of sulfonamides is 1. The van der Waals surface area contributed by atoms with E-state index in [2.05, 4.69) is 111 Å². The molecule has 4 aromatic carbocycles. The Kier molecular flexibility index (Phi) is 15.0. The Morgan fingerprint density at radius 3 is 2.47 bits per heavy atom. The third kappa shape index (κ3) is 11.5. The smallest absolute Gasteiger partial charge is 0.293 e. The number of halogens is 1. The van der Waals surface area contributed by atoms with Crippen LogP contribution in [0.15, 0.2) is 102 Å². The predicted octanol–water partition coefficient (Wildman–Crippen LogP) is 10.3. The number of nitro benzene ring substituents is 1. The van der Waals surface area contributed by atoms with Crippen molar-refractivity contribution in [3.05, 3.63) is 136 Å². The highest BCUT2D eigenvalue weighted by molar-refractivity contribution is 7.90. The third-order valence-electron chi connectivity index (χ3n) is 16.2. The van der Waals surface area contributed by atoms with Crippen molar-refractivity contribution in [1.29, 1.82) is 0 Å². The first-order chi connectivity index (χ1) is 36.8. The summed E-state index contributed by atoms with van der Waals surface area (Å²) in [6, 6.07) is 25.8. The number of H-pyrrole nitrogens is 1. The van der Waals surface area contributed by atoms with Crippen molar-refractivity contribution < 1.29 is 37.1 Å². The van der Waals surface area contributed by atoms with Crippen molar-refractivity contribution >= 4 is 49.7 Å². The van der Waals surface area contributed by atoms with Gasteiger partial charge in [0.25, 0.3) is 21.6 Å². The number of methoxy groups -OCH3 is 1. The van der Waals surface area contributed by atoms with Gasteiger partial charge in [-0.25, -0.2) is 22.5 Å². The van der Waals surface area contributed by atoms with Crippen LogP contribution in [-0.4, -0.2) is 96.7 Å². The minimum Gasteiger partial charge on any atom is -0.495 e. The van der Waals surface area contributed by atoms with Crippen molar-refractivity contribution in [1.82, 2.24) is 24.9 Å². The van der Waals surface area contributed by atoms with Gasteiger partial charge in [0.2, 0.25) is 0 Å². The maximum Gasteiger partial charge on any atom is 0.293 e. The molecule has 10 rings (SSSR count). The van der Waals surface area contributed by atoms with Gasteiger partial charge in [-0.3, -0.25) is 19.8 Å². The lowest BCUT2D eigenvalue weighted by atomic mass is 9.54. The standard InChI is InChI=1S/C58H70FN9O8S/c1-35(2)43-9-7-8-10-44(43)53-54(66(22-21-60-53)32-38-11-15-49(64-36(3)4)52(23-38)75-6)39-27-58(28-39)33-67(34-58)40-12-14-45(51(24-40)76-41-25-46-47(59)31-63-55(46)62-30-41)56(69)65-77(73,74)42-13-16-48(50(26-42)68(71)72)61-29-37-17-19-57(5,70)20-18-37/h7-16,23-26,30-31,35-37,39,53-54,60-61,64,70H,17-22,27-29,32-34H2,1-6H3,(H,62,63)(H,65,69)/t37?,53-,54?,57?/m1/s1. The van der Waals surface area contributed by atoms with Crippen molar-refractivity contribution in [2.45, 2.75) is 114 Å². The summed E-state index contributed by atoms with van der Waals surface area (Å²) < 4.78 is 56.8. The van der Waals surface area contributed by atoms with E-state index in [4.69, 9.17) is 9.47 Å². The molecule has 2 saturated heterocycles. The summed E-state index contributed by atoms with van der Waals surface area (Å²) in [6.07, 6.45) is 7.31. The van der Waals surface area contributed by atoms with Crippen LogP contribution in [0.2, 0.25) is 0 Å². The lowest BCUT2D eigenvalue weighted by Crippen LogP contribution is -2.67. The zero-order chi connectivity index (χ0) is 54.4. The summed E-state index contributed by atoms with van der Waals surface area (Å²) in [5.41, 5.74) is 4.77. The molecule has 1 spiro atoms. The summed E-state index contributed by atoms with van der Waals surface area (Å²) in [5.74, 6) is 0.302. The molecular weight excluding hydrogens is 1000 g/mol. The Hall–Kier alpha value is -6.80. The zero-order valence-corrected chi connectivity index (χ0v) is 45.4. The van der Waals surface area contributed by atoms with E-state index in [1.54, 1.807) is 26.2 Å². The molecular formula is C58H70FN9O8S. The van der Waals surface area contributed by atoms with Crippen molar-refractivity contribution in [3.63, 3.8) is 0 Å². The van der Waals surface area contributed by atoms with Gasteiger partial charge in [0.15, 0.2) is 0 Å². The highest BCUT2D eigenvalue weighted by Gasteiger charge is 2.56. The summed E-state index contributed by atoms with van der Waals surface area (Å²) in [5, 5.41) is 33.4. The lowest BCUT2D eigenvalue weighted by Gasteiger charge is -2.63. The SMILES string of the molecule is COc1cc(CN2CCN[C@H](c3ccccc3C(C)C)C2C2CC3(C2)CN(c2ccc(C(=O)NS(=O)(=O)c4ccc(NCC5CCC(C)(O)CC5)c([N+](=O)[O-])c4)c(Oc4cnc5[nH]cc(F)c5c4)c2)C3)ccc1NC(C)C. The molecule has 4 heterocycles. The van der Waals surface area contributed by atoms with E-state index < -0.39 is 42.9 Å². The number of nitro groups is 1. The summed E-state index contributed by atoms with van der Waals surface area (Å²) >= 11 is 0. The minimum atomic E-state index is -4.66. The molecule has 2 saturated carbocycles. The Bertz CT molecular complexity index is 3270. The number of carbonyl (C=O) groups excluding carboxylic acids is 1. The number of benzene rings is 4. The van der Waals surface area contributed by atoms with Crippen molar-refractivity contribution in [3.8, 4) is 17.2 Å². The number of aromatic amines is 1. The van der Waals surface area contributed by atoms with Crippen LogP contribution in [0.4, 0.5) is 27.1 Å². The molecule has 2 aliphatic carbocycles. The first kappa shape index (κ1) is 53.6. The van der Waals surface area contributed by atoms with E-state index in [0.717, 1.165) is 81.6 Å². The number of rotatable bonds is 18. The van der Waals surface area contributed by atoms with E-state index in [-0.39, 0.29) is 57.6 Å². The number of carbonyl (C=O) groups is 1. The van der Waals surface area contributed by atoms with E-state index >= 15 is 0 Å². The second kappa shape index (κ2) is 21.6. The topological polar surface area (TPSA) is 216 Å². The van der Waals surface area contributed by atoms with Gasteiger partial charge in [0.1, 0.15) is 34.4 Å². The molecule has 19 heteroatoms. The molecule has 2 atom stereocenters. The number of nitrogens with one attached hydrogen (secondary N) is 5. The molecule has 4 aliphatic rings. The van der Waals surface area contributed by atoms with Crippen LogP contribution >= 0.6 is 0 Å². The number of pyridine rings is 1. The summed E-state index contributed by atoms with van der Waals surface area (Å²) in [7, 11) is -2.94. The van der Waals surface area contributed by atoms with Crippen molar-refractivity contribution in [2.24, 2.45) is 17.3 Å². The Labute approximate surface area is 449 Å². The Morgan fingerprint density at radius 2 is 1.74 bits per heavy atom.